The molecule has 2 unspecified atom stereocenters. The fourth-order valence-corrected chi connectivity index (χ4v) is 2.72. The smallest absolute Gasteiger partial charge is 0.106 e. The van der Waals surface area contributed by atoms with Crippen molar-refractivity contribution in [3.8, 4) is 0 Å². The first kappa shape index (κ1) is 11.9. The first-order chi connectivity index (χ1) is 7.74. The minimum atomic E-state index is 0.840. The Morgan fingerprint density at radius 3 is 3.00 bits per heavy atom. The Balaban J connectivity index is 1.80. The zero-order valence-electron chi connectivity index (χ0n) is 9.75. The quantitative estimate of drug-likeness (QED) is 0.845. The van der Waals surface area contributed by atoms with Gasteiger partial charge in [0.15, 0.2) is 0 Å². The molecule has 1 aliphatic carbocycles. The van der Waals surface area contributed by atoms with Gasteiger partial charge in [0.25, 0.3) is 0 Å². The number of pyridine rings is 1. The minimum Gasteiger partial charge on any atom is -0.384 e. The number of anilines is 1. The standard InChI is InChI=1S/C13H19BrN2/c1-10-3-2-4-11(7-10)8-15-12-5-6-13(14)16-9-12/h5-6,9-11,15H,2-4,7-8H2,1H3. The van der Waals surface area contributed by atoms with Gasteiger partial charge in [-0.25, -0.2) is 4.98 Å². The molecule has 0 radical (unpaired) electrons. The number of nitrogens with zero attached hydrogens (tertiary/aromatic N) is 1. The van der Waals surface area contributed by atoms with E-state index in [0.29, 0.717) is 0 Å². The van der Waals surface area contributed by atoms with Gasteiger partial charge in [-0.05, 0) is 52.7 Å². The molecule has 2 nitrogen and oxygen atoms in total. The zero-order chi connectivity index (χ0) is 11.4. The molecule has 1 saturated carbocycles. The van der Waals surface area contributed by atoms with Crippen molar-refractivity contribution in [1.29, 1.82) is 0 Å². The molecule has 1 aliphatic rings. The highest BCUT2D eigenvalue weighted by Gasteiger charge is 2.18. The Morgan fingerprint density at radius 2 is 2.31 bits per heavy atom. The SMILES string of the molecule is CC1CCCC(CNc2ccc(Br)nc2)C1. The van der Waals surface area contributed by atoms with E-state index in [0.717, 1.165) is 28.7 Å². The summed E-state index contributed by atoms with van der Waals surface area (Å²) in [7, 11) is 0. The largest absolute Gasteiger partial charge is 0.384 e. The molecule has 16 heavy (non-hydrogen) atoms. The van der Waals surface area contributed by atoms with Crippen LogP contribution < -0.4 is 5.32 Å². The van der Waals surface area contributed by atoms with Crippen molar-refractivity contribution in [3.63, 3.8) is 0 Å². The predicted molar refractivity (Wildman–Crippen MR) is 71.5 cm³/mol. The summed E-state index contributed by atoms with van der Waals surface area (Å²) in [5.41, 5.74) is 1.13. The second-order valence-corrected chi connectivity index (χ2v) is 5.70. The maximum absolute atomic E-state index is 4.21. The number of hydrogen-bond donors (Lipinski definition) is 1. The highest BCUT2D eigenvalue weighted by atomic mass is 79.9. The van der Waals surface area contributed by atoms with Crippen LogP contribution in [0.4, 0.5) is 5.69 Å². The first-order valence-corrected chi connectivity index (χ1v) is 6.89. The van der Waals surface area contributed by atoms with E-state index in [2.05, 4.69) is 39.2 Å². The third-order valence-corrected chi connectivity index (χ3v) is 3.84. The molecule has 1 aromatic heterocycles. The lowest BCUT2D eigenvalue weighted by molar-refractivity contribution is 0.293. The molecule has 3 heteroatoms. The molecule has 2 rings (SSSR count). The molecule has 1 N–H and O–H groups in total. The van der Waals surface area contributed by atoms with Crippen molar-refractivity contribution in [2.45, 2.75) is 32.6 Å². The first-order valence-electron chi connectivity index (χ1n) is 6.09. The Morgan fingerprint density at radius 1 is 1.44 bits per heavy atom. The Labute approximate surface area is 106 Å². The van der Waals surface area contributed by atoms with Crippen LogP contribution >= 0.6 is 15.9 Å². The van der Waals surface area contributed by atoms with Gasteiger partial charge in [-0.15, -0.1) is 0 Å². The van der Waals surface area contributed by atoms with Crippen molar-refractivity contribution in [2.24, 2.45) is 11.8 Å². The van der Waals surface area contributed by atoms with E-state index in [4.69, 9.17) is 0 Å². The van der Waals surface area contributed by atoms with Gasteiger partial charge in [-0.3, -0.25) is 0 Å². The van der Waals surface area contributed by atoms with Gasteiger partial charge in [0.05, 0.1) is 11.9 Å². The summed E-state index contributed by atoms with van der Waals surface area (Å²) in [4.78, 5) is 4.21. The van der Waals surface area contributed by atoms with Crippen LogP contribution in [-0.2, 0) is 0 Å². The van der Waals surface area contributed by atoms with Gasteiger partial charge in [0.2, 0.25) is 0 Å². The van der Waals surface area contributed by atoms with Crippen molar-refractivity contribution < 1.29 is 0 Å². The third kappa shape index (κ3) is 3.48. The van der Waals surface area contributed by atoms with E-state index in [-0.39, 0.29) is 0 Å². The van der Waals surface area contributed by atoms with Crippen LogP contribution in [-0.4, -0.2) is 11.5 Å². The highest BCUT2D eigenvalue weighted by molar-refractivity contribution is 9.10. The van der Waals surface area contributed by atoms with Crippen LogP contribution in [0, 0.1) is 11.8 Å². The van der Waals surface area contributed by atoms with Gasteiger partial charge in [0, 0.05) is 6.54 Å². The zero-order valence-corrected chi connectivity index (χ0v) is 11.3. The van der Waals surface area contributed by atoms with Crippen LogP contribution in [0.5, 0.6) is 0 Å². The average molecular weight is 283 g/mol. The Bertz CT molecular complexity index is 323. The molecule has 0 aromatic carbocycles. The lowest BCUT2D eigenvalue weighted by Crippen LogP contribution is -2.21. The summed E-state index contributed by atoms with van der Waals surface area (Å²) < 4.78 is 0.893. The molecule has 88 valence electrons. The summed E-state index contributed by atoms with van der Waals surface area (Å²) in [5, 5.41) is 3.48. The normalized spacial score (nSPS) is 25.4. The monoisotopic (exact) mass is 282 g/mol. The van der Waals surface area contributed by atoms with Crippen LogP contribution in [0.2, 0.25) is 0 Å². The lowest BCUT2D eigenvalue weighted by atomic mass is 9.82. The topological polar surface area (TPSA) is 24.9 Å². The van der Waals surface area contributed by atoms with Gasteiger partial charge in [-0.1, -0.05) is 19.8 Å². The van der Waals surface area contributed by atoms with Gasteiger partial charge >= 0.3 is 0 Å². The Kier molecular flexibility index (Phi) is 4.22. The summed E-state index contributed by atoms with van der Waals surface area (Å²) in [6, 6.07) is 4.05. The maximum Gasteiger partial charge on any atom is 0.106 e. The van der Waals surface area contributed by atoms with E-state index < -0.39 is 0 Å². The molecule has 0 saturated heterocycles. The van der Waals surface area contributed by atoms with Gasteiger partial charge < -0.3 is 5.32 Å². The van der Waals surface area contributed by atoms with Crippen molar-refractivity contribution in [2.75, 3.05) is 11.9 Å². The number of aromatic nitrogens is 1. The Hall–Kier alpha value is -0.570. The molecule has 1 fully saturated rings. The van der Waals surface area contributed by atoms with E-state index in [1.165, 1.54) is 25.7 Å². The predicted octanol–water partition coefficient (Wildman–Crippen LogP) is 4.08. The second kappa shape index (κ2) is 5.67. The number of hydrogen-bond acceptors (Lipinski definition) is 2. The summed E-state index contributed by atoms with van der Waals surface area (Å²) in [6.07, 6.45) is 7.44. The lowest BCUT2D eigenvalue weighted by Gasteiger charge is -2.27. The number of rotatable bonds is 3. The molecule has 2 atom stereocenters. The molecular formula is C13H19BrN2. The maximum atomic E-state index is 4.21. The fourth-order valence-electron chi connectivity index (χ4n) is 2.49. The van der Waals surface area contributed by atoms with Gasteiger partial charge in [0.1, 0.15) is 4.60 Å². The van der Waals surface area contributed by atoms with Crippen LogP contribution in [0.15, 0.2) is 22.9 Å². The van der Waals surface area contributed by atoms with Crippen molar-refractivity contribution in [3.05, 3.63) is 22.9 Å². The van der Waals surface area contributed by atoms with Crippen molar-refractivity contribution in [1.82, 2.24) is 4.98 Å². The van der Waals surface area contributed by atoms with Gasteiger partial charge in [-0.2, -0.15) is 0 Å². The van der Waals surface area contributed by atoms with Crippen molar-refractivity contribution >= 4 is 21.6 Å². The number of halogens is 1. The molecule has 0 amide bonds. The van der Waals surface area contributed by atoms with Crippen LogP contribution in [0.1, 0.15) is 32.6 Å². The fraction of sp³-hybridized carbons (Fsp3) is 0.615. The summed E-state index contributed by atoms with van der Waals surface area (Å²) in [6.45, 7) is 3.46. The average Bonchev–Trinajstić information content (AvgIpc) is 2.28. The molecular weight excluding hydrogens is 264 g/mol. The molecule has 0 bridgehead atoms. The highest BCUT2D eigenvalue weighted by Crippen LogP contribution is 2.28. The van der Waals surface area contributed by atoms with E-state index in [1.807, 2.05) is 12.3 Å². The van der Waals surface area contributed by atoms with E-state index in [1.54, 1.807) is 0 Å². The summed E-state index contributed by atoms with van der Waals surface area (Å²) in [5.74, 6) is 1.75. The molecule has 1 heterocycles. The van der Waals surface area contributed by atoms with E-state index >= 15 is 0 Å². The molecule has 0 aliphatic heterocycles. The number of nitrogens with one attached hydrogen (secondary N) is 1. The third-order valence-electron chi connectivity index (χ3n) is 3.37. The summed E-state index contributed by atoms with van der Waals surface area (Å²) >= 11 is 3.34. The molecule has 0 spiro atoms. The molecule has 1 aromatic rings. The van der Waals surface area contributed by atoms with E-state index in [9.17, 15) is 0 Å². The van der Waals surface area contributed by atoms with Crippen LogP contribution in [0.25, 0.3) is 0 Å². The minimum absolute atomic E-state index is 0.840. The van der Waals surface area contributed by atoms with Crippen LogP contribution in [0.3, 0.4) is 0 Å². The second-order valence-electron chi connectivity index (χ2n) is 4.89.